The maximum atomic E-state index is 14.3. The van der Waals surface area contributed by atoms with Crippen molar-refractivity contribution < 1.29 is 8.78 Å². The average Bonchev–Trinajstić information content (AvgIpc) is 2.41. The van der Waals surface area contributed by atoms with Gasteiger partial charge in [-0.05, 0) is 50.5 Å². The summed E-state index contributed by atoms with van der Waals surface area (Å²) < 4.78 is 27.8. The van der Waals surface area contributed by atoms with Crippen molar-refractivity contribution in [2.45, 2.75) is 39.8 Å². The zero-order valence-electron chi connectivity index (χ0n) is 12.9. The number of aryl methyl sites for hydroxylation is 2. The molecule has 2 aromatic rings. The quantitative estimate of drug-likeness (QED) is 0.862. The molecule has 21 heavy (non-hydrogen) atoms. The highest BCUT2D eigenvalue weighted by Crippen LogP contribution is 2.29. The summed E-state index contributed by atoms with van der Waals surface area (Å²) >= 11 is 0. The predicted octanol–water partition coefficient (Wildman–Crippen LogP) is 4.67. The van der Waals surface area contributed by atoms with E-state index in [1.54, 1.807) is 13.0 Å². The molecule has 0 spiro atoms. The van der Waals surface area contributed by atoms with E-state index in [-0.39, 0.29) is 12.1 Å². The van der Waals surface area contributed by atoms with Crippen LogP contribution in [0, 0.1) is 25.5 Å². The van der Waals surface area contributed by atoms with Crippen molar-refractivity contribution in [1.29, 1.82) is 0 Å². The summed E-state index contributed by atoms with van der Waals surface area (Å²) in [6.07, 6.45) is 0. The fraction of sp³-hybridized carbons (Fsp3) is 0.333. The Hall–Kier alpha value is -1.74. The molecule has 2 aromatic carbocycles. The molecule has 0 radical (unpaired) electrons. The van der Waals surface area contributed by atoms with Crippen LogP contribution in [0.25, 0.3) is 0 Å². The van der Waals surface area contributed by atoms with Crippen molar-refractivity contribution in [3.63, 3.8) is 0 Å². The number of hydrogen-bond acceptors (Lipinski definition) is 1. The lowest BCUT2D eigenvalue weighted by Gasteiger charge is -2.24. The second-order valence-corrected chi connectivity index (χ2v) is 5.73. The van der Waals surface area contributed by atoms with Gasteiger partial charge in [-0.25, -0.2) is 8.78 Å². The topological polar surface area (TPSA) is 12.0 Å². The van der Waals surface area contributed by atoms with Crippen molar-refractivity contribution in [3.8, 4) is 0 Å². The molecular weight excluding hydrogens is 268 g/mol. The Labute approximate surface area is 125 Å². The number of halogens is 2. The summed E-state index contributed by atoms with van der Waals surface area (Å²) in [5.74, 6) is -1.02. The Bertz CT molecular complexity index is 635. The van der Waals surface area contributed by atoms with Crippen LogP contribution in [-0.2, 0) is 0 Å². The number of hydrogen-bond donors (Lipinski definition) is 1. The molecule has 0 fully saturated rings. The van der Waals surface area contributed by atoms with E-state index in [1.165, 1.54) is 0 Å². The summed E-state index contributed by atoms with van der Waals surface area (Å²) in [7, 11) is 0. The van der Waals surface area contributed by atoms with Gasteiger partial charge in [-0.1, -0.05) is 24.3 Å². The molecule has 0 saturated heterocycles. The van der Waals surface area contributed by atoms with Gasteiger partial charge in [-0.15, -0.1) is 0 Å². The second kappa shape index (κ2) is 6.35. The Morgan fingerprint density at radius 2 is 1.52 bits per heavy atom. The minimum absolute atomic E-state index is 0.180. The maximum Gasteiger partial charge on any atom is 0.131 e. The molecule has 1 nitrogen and oxygen atoms in total. The molecule has 1 atom stereocenters. The highest BCUT2D eigenvalue weighted by atomic mass is 19.1. The summed E-state index contributed by atoms with van der Waals surface area (Å²) in [6.45, 7) is 7.68. The molecule has 0 aromatic heterocycles. The molecule has 0 heterocycles. The van der Waals surface area contributed by atoms with Crippen molar-refractivity contribution >= 4 is 0 Å². The smallest absolute Gasteiger partial charge is 0.131 e. The van der Waals surface area contributed by atoms with Crippen LogP contribution in [0.5, 0.6) is 0 Å². The van der Waals surface area contributed by atoms with Crippen LogP contribution in [0.2, 0.25) is 0 Å². The van der Waals surface area contributed by atoms with Crippen molar-refractivity contribution in [2.75, 3.05) is 0 Å². The van der Waals surface area contributed by atoms with Gasteiger partial charge in [0.2, 0.25) is 0 Å². The number of benzene rings is 2. The normalized spacial score (nSPS) is 12.7. The Morgan fingerprint density at radius 1 is 0.857 bits per heavy atom. The molecule has 0 saturated carbocycles. The number of rotatable bonds is 4. The molecule has 2 rings (SSSR count). The van der Waals surface area contributed by atoms with Gasteiger partial charge >= 0.3 is 0 Å². The second-order valence-electron chi connectivity index (χ2n) is 5.73. The Balaban J connectivity index is 2.56. The van der Waals surface area contributed by atoms with Gasteiger partial charge in [-0.3, -0.25) is 0 Å². The third kappa shape index (κ3) is 3.48. The first-order valence-electron chi connectivity index (χ1n) is 7.17. The van der Waals surface area contributed by atoms with Gasteiger partial charge in [0, 0.05) is 17.7 Å². The summed E-state index contributed by atoms with van der Waals surface area (Å²) in [5, 5.41) is 3.38. The van der Waals surface area contributed by atoms with Crippen LogP contribution < -0.4 is 5.32 Å². The third-order valence-electron chi connectivity index (χ3n) is 3.59. The van der Waals surface area contributed by atoms with Crippen LogP contribution in [0.4, 0.5) is 8.78 Å². The van der Waals surface area contributed by atoms with Gasteiger partial charge in [0.1, 0.15) is 11.6 Å². The molecular formula is C18H21F2N. The first kappa shape index (κ1) is 15.6. The average molecular weight is 289 g/mol. The largest absolute Gasteiger partial charge is 0.304 e. The van der Waals surface area contributed by atoms with E-state index in [9.17, 15) is 8.78 Å². The van der Waals surface area contributed by atoms with Crippen LogP contribution >= 0.6 is 0 Å². The van der Waals surface area contributed by atoms with E-state index in [2.05, 4.69) is 5.32 Å². The highest BCUT2D eigenvalue weighted by molar-refractivity contribution is 5.39. The van der Waals surface area contributed by atoms with Gasteiger partial charge in [0.15, 0.2) is 0 Å². The first-order valence-corrected chi connectivity index (χ1v) is 7.17. The highest BCUT2D eigenvalue weighted by Gasteiger charge is 2.21. The predicted molar refractivity (Wildman–Crippen MR) is 82.4 cm³/mol. The Kier molecular flexibility index (Phi) is 4.73. The van der Waals surface area contributed by atoms with Crippen LogP contribution in [0.1, 0.15) is 42.1 Å². The lowest BCUT2D eigenvalue weighted by Crippen LogP contribution is -2.30. The van der Waals surface area contributed by atoms with E-state index < -0.39 is 11.6 Å². The van der Waals surface area contributed by atoms with Crippen LogP contribution in [0.15, 0.2) is 36.4 Å². The fourth-order valence-corrected chi connectivity index (χ4v) is 2.49. The fourth-order valence-electron chi connectivity index (χ4n) is 2.49. The monoisotopic (exact) mass is 289 g/mol. The molecule has 112 valence electrons. The maximum absolute atomic E-state index is 14.3. The number of nitrogens with one attached hydrogen (secondary N) is 1. The standard InChI is InChI=1S/C18H21F2N/c1-11(2)21-18(14-8-6-5-7-12(14)3)15-9-13(4)16(19)10-17(15)20/h5-11,18,21H,1-4H3. The van der Waals surface area contributed by atoms with Crippen molar-refractivity contribution in [1.82, 2.24) is 5.32 Å². The summed E-state index contributed by atoms with van der Waals surface area (Å²) in [6, 6.07) is 10.3. The van der Waals surface area contributed by atoms with Gasteiger partial charge in [0.25, 0.3) is 0 Å². The molecule has 0 amide bonds. The van der Waals surface area contributed by atoms with Gasteiger partial charge < -0.3 is 5.32 Å². The van der Waals surface area contributed by atoms with E-state index in [1.807, 2.05) is 45.0 Å². The van der Waals surface area contributed by atoms with E-state index in [0.29, 0.717) is 11.1 Å². The van der Waals surface area contributed by atoms with E-state index in [0.717, 1.165) is 17.2 Å². The van der Waals surface area contributed by atoms with E-state index in [4.69, 9.17) is 0 Å². The minimum Gasteiger partial charge on any atom is -0.304 e. The zero-order chi connectivity index (χ0) is 15.6. The van der Waals surface area contributed by atoms with Gasteiger partial charge in [-0.2, -0.15) is 0 Å². The van der Waals surface area contributed by atoms with Crippen LogP contribution in [-0.4, -0.2) is 6.04 Å². The lowest BCUT2D eigenvalue weighted by atomic mass is 9.93. The first-order chi connectivity index (χ1) is 9.90. The summed E-state index contributed by atoms with van der Waals surface area (Å²) in [5.41, 5.74) is 3.03. The van der Waals surface area contributed by atoms with Crippen LogP contribution in [0.3, 0.4) is 0 Å². The SMILES string of the molecule is Cc1cc(C(NC(C)C)c2ccccc2C)c(F)cc1F. The minimum atomic E-state index is -0.514. The van der Waals surface area contributed by atoms with Crippen molar-refractivity contribution in [2.24, 2.45) is 0 Å². The molecule has 3 heteroatoms. The summed E-state index contributed by atoms with van der Waals surface area (Å²) in [4.78, 5) is 0. The molecule has 1 N–H and O–H groups in total. The van der Waals surface area contributed by atoms with Gasteiger partial charge in [0.05, 0.1) is 6.04 Å². The molecule has 0 bridgehead atoms. The molecule has 1 unspecified atom stereocenters. The lowest BCUT2D eigenvalue weighted by molar-refractivity contribution is 0.495. The molecule has 0 aliphatic carbocycles. The molecule has 0 aliphatic heterocycles. The zero-order valence-corrected chi connectivity index (χ0v) is 12.9. The molecule has 0 aliphatic rings. The Morgan fingerprint density at radius 3 is 2.14 bits per heavy atom. The van der Waals surface area contributed by atoms with Crippen molar-refractivity contribution in [3.05, 3.63) is 70.3 Å². The third-order valence-corrected chi connectivity index (χ3v) is 3.59. The van der Waals surface area contributed by atoms with E-state index >= 15 is 0 Å².